The SMILES string of the molecule is C#C.CCCNCc1ncc(-c2ccc(C#Cc3ccc(-c4cnc(CNCCC)[nH]4)cc3)cc2)[nH]1. The summed E-state index contributed by atoms with van der Waals surface area (Å²) >= 11 is 0. The summed E-state index contributed by atoms with van der Waals surface area (Å²) in [6.45, 7) is 7.81. The first-order valence-electron chi connectivity index (χ1n) is 12.3. The summed E-state index contributed by atoms with van der Waals surface area (Å²) in [5, 5.41) is 6.72. The van der Waals surface area contributed by atoms with Gasteiger partial charge in [0.25, 0.3) is 0 Å². The van der Waals surface area contributed by atoms with Crippen LogP contribution in [0.5, 0.6) is 0 Å². The molecule has 6 heteroatoms. The van der Waals surface area contributed by atoms with E-state index in [0.29, 0.717) is 0 Å². The van der Waals surface area contributed by atoms with Gasteiger partial charge in [-0.15, -0.1) is 12.8 Å². The Labute approximate surface area is 214 Å². The van der Waals surface area contributed by atoms with E-state index in [2.05, 4.69) is 93.4 Å². The molecule has 0 spiro atoms. The molecule has 0 bridgehead atoms. The molecule has 2 aromatic carbocycles. The van der Waals surface area contributed by atoms with Gasteiger partial charge in [0, 0.05) is 11.1 Å². The molecule has 0 radical (unpaired) electrons. The summed E-state index contributed by atoms with van der Waals surface area (Å²) in [4.78, 5) is 15.7. The summed E-state index contributed by atoms with van der Waals surface area (Å²) in [6.07, 6.45) is 14.0. The van der Waals surface area contributed by atoms with E-state index in [0.717, 1.165) is 84.3 Å². The van der Waals surface area contributed by atoms with Crippen LogP contribution in [0.25, 0.3) is 22.5 Å². The lowest BCUT2D eigenvalue weighted by Crippen LogP contribution is -2.14. The summed E-state index contributed by atoms with van der Waals surface area (Å²) in [5.74, 6) is 8.42. The molecular weight excluding hydrogens is 444 g/mol. The molecule has 2 aromatic heterocycles. The van der Waals surface area contributed by atoms with Crippen molar-refractivity contribution in [3.05, 3.63) is 83.7 Å². The molecule has 0 aliphatic heterocycles. The van der Waals surface area contributed by atoms with Crippen LogP contribution in [0.2, 0.25) is 0 Å². The molecule has 4 aromatic rings. The van der Waals surface area contributed by atoms with Gasteiger partial charge in [0.15, 0.2) is 0 Å². The highest BCUT2D eigenvalue weighted by Crippen LogP contribution is 2.19. The second kappa shape index (κ2) is 14.3. The molecule has 0 amide bonds. The molecule has 0 atom stereocenters. The van der Waals surface area contributed by atoms with Crippen molar-refractivity contribution in [1.82, 2.24) is 30.6 Å². The Balaban J connectivity index is 0.00000176. The highest BCUT2D eigenvalue weighted by Gasteiger charge is 2.04. The molecule has 0 fully saturated rings. The Bertz CT molecular complexity index is 1170. The third-order valence-electron chi connectivity index (χ3n) is 5.44. The number of nitrogens with one attached hydrogen (secondary N) is 4. The minimum absolute atomic E-state index is 0.758. The fraction of sp³-hybridized carbons (Fsp3) is 0.267. The van der Waals surface area contributed by atoms with Gasteiger partial charge in [-0.3, -0.25) is 0 Å². The molecule has 6 nitrogen and oxygen atoms in total. The van der Waals surface area contributed by atoms with Crippen LogP contribution in [0.4, 0.5) is 0 Å². The Morgan fingerprint density at radius 3 is 1.42 bits per heavy atom. The lowest BCUT2D eigenvalue weighted by Gasteiger charge is -2.00. The number of hydrogen-bond donors (Lipinski definition) is 4. The van der Waals surface area contributed by atoms with Crippen molar-refractivity contribution in [3.8, 4) is 47.2 Å². The van der Waals surface area contributed by atoms with Gasteiger partial charge in [-0.05, 0) is 61.3 Å². The standard InChI is InChI=1S/C28H32N6.C2H2/c1-3-15-29-19-27-31-17-25(33-27)23-11-7-21(8-12-23)5-6-22-9-13-24(14-10-22)26-18-32-28(34-26)20-30-16-4-2;1-2/h7-14,17-18,29-30H,3-4,15-16,19-20H2,1-2H3,(H,31,33)(H,32,34);1-2H. The Morgan fingerprint density at radius 2 is 1.06 bits per heavy atom. The molecule has 0 unspecified atom stereocenters. The number of imidazole rings is 2. The molecule has 0 saturated heterocycles. The number of nitrogens with zero attached hydrogens (tertiary/aromatic N) is 2. The van der Waals surface area contributed by atoms with E-state index in [1.165, 1.54) is 0 Å². The minimum atomic E-state index is 0.758. The van der Waals surface area contributed by atoms with E-state index in [9.17, 15) is 0 Å². The maximum absolute atomic E-state index is 4.45. The van der Waals surface area contributed by atoms with Crippen LogP contribution < -0.4 is 10.6 Å². The average Bonchev–Trinajstić information content (AvgIpc) is 3.60. The summed E-state index contributed by atoms with van der Waals surface area (Å²) < 4.78 is 0. The van der Waals surface area contributed by atoms with Crippen LogP contribution in [0.1, 0.15) is 49.5 Å². The number of hydrogen-bond acceptors (Lipinski definition) is 4. The fourth-order valence-electron chi connectivity index (χ4n) is 3.58. The van der Waals surface area contributed by atoms with Gasteiger partial charge >= 0.3 is 0 Å². The second-order valence-corrected chi connectivity index (χ2v) is 8.25. The Morgan fingerprint density at radius 1 is 0.667 bits per heavy atom. The molecular formula is C30H34N6. The first kappa shape index (κ1) is 26.5. The largest absolute Gasteiger partial charge is 0.341 e. The van der Waals surface area contributed by atoms with Crippen LogP contribution in [-0.4, -0.2) is 33.0 Å². The number of benzene rings is 2. The number of aromatic nitrogens is 4. The predicted octanol–water partition coefficient (Wildman–Crippen LogP) is 5.12. The highest BCUT2D eigenvalue weighted by atomic mass is 15.0. The number of aromatic amines is 2. The minimum Gasteiger partial charge on any atom is -0.341 e. The van der Waals surface area contributed by atoms with Gasteiger partial charge < -0.3 is 20.6 Å². The van der Waals surface area contributed by atoms with Gasteiger partial charge in [-0.25, -0.2) is 9.97 Å². The van der Waals surface area contributed by atoms with Gasteiger partial charge in [-0.1, -0.05) is 50.0 Å². The third-order valence-corrected chi connectivity index (χ3v) is 5.44. The molecule has 0 aliphatic carbocycles. The van der Waals surface area contributed by atoms with Gasteiger partial charge in [-0.2, -0.15) is 0 Å². The fourth-order valence-corrected chi connectivity index (χ4v) is 3.58. The van der Waals surface area contributed by atoms with Crippen molar-refractivity contribution in [1.29, 1.82) is 0 Å². The highest BCUT2D eigenvalue weighted by molar-refractivity contribution is 5.62. The number of terminal acetylenes is 1. The molecule has 36 heavy (non-hydrogen) atoms. The number of H-pyrrole nitrogens is 2. The van der Waals surface area contributed by atoms with Crippen molar-refractivity contribution in [2.45, 2.75) is 39.8 Å². The third kappa shape index (κ3) is 7.71. The van der Waals surface area contributed by atoms with Gasteiger partial charge in [0.05, 0.1) is 36.9 Å². The van der Waals surface area contributed by atoms with Gasteiger partial charge in [0.1, 0.15) is 11.6 Å². The quantitative estimate of drug-likeness (QED) is 0.188. The van der Waals surface area contributed by atoms with Crippen molar-refractivity contribution in [2.24, 2.45) is 0 Å². The second-order valence-electron chi connectivity index (χ2n) is 8.25. The van der Waals surface area contributed by atoms with Crippen molar-refractivity contribution < 1.29 is 0 Å². The predicted molar refractivity (Wildman–Crippen MR) is 148 cm³/mol. The zero-order valence-corrected chi connectivity index (χ0v) is 21.1. The van der Waals surface area contributed by atoms with Crippen LogP contribution in [0.3, 0.4) is 0 Å². The van der Waals surface area contributed by atoms with E-state index in [4.69, 9.17) is 0 Å². The Hall–Kier alpha value is -4.10. The maximum atomic E-state index is 4.45. The van der Waals surface area contributed by atoms with E-state index in [1.807, 2.05) is 36.7 Å². The normalized spacial score (nSPS) is 10.2. The maximum Gasteiger partial charge on any atom is 0.120 e. The molecule has 0 aliphatic rings. The van der Waals surface area contributed by atoms with Crippen LogP contribution in [0, 0.1) is 24.7 Å². The zero-order valence-electron chi connectivity index (χ0n) is 21.1. The first-order chi connectivity index (χ1) is 17.7. The lowest BCUT2D eigenvalue weighted by atomic mass is 10.1. The van der Waals surface area contributed by atoms with Crippen molar-refractivity contribution in [3.63, 3.8) is 0 Å². The molecule has 2 heterocycles. The first-order valence-corrected chi connectivity index (χ1v) is 12.3. The Kier molecular flexibility index (Phi) is 10.6. The van der Waals surface area contributed by atoms with E-state index in [1.54, 1.807) is 0 Å². The number of rotatable bonds is 10. The van der Waals surface area contributed by atoms with Crippen molar-refractivity contribution in [2.75, 3.05) is 13.1 Å². The zero-order chi connectivity index (χ0) is 25.6. The smallest absolute Gasteiger partial charge is 0.120 e. The summed E-state index contributed by atoms with van der Waals surface area (Å²) in [7, 11) is 0. The van der Waals surface area contributed by atoms with Crippen LogP contribution in [0.15, 0.2) is 60.9 Å². The van der Waals surface area contributed by atoms with E-state index in [-0.39, 0.29) is 0 Å². The summed E-state index contributed by atoms with van der Waals surface area (Å²) in [6, 6.07) is 16.5. The van der Waals surface area contributed by atoms with Crippen LogP contribution >= 0.6 is 0 Å². The lowest BCUT2D eigenvalue weighted by molar-refractivity contribution is 0.655. The van der Waals surface area contributed by atoms with Crippen molar-refractivity contribution >= 4 is 0 Å². The molecule has 4 N–H and O–H groups in total. The summed E-state index contributed by atoms with van der Waals surface area (Å²) in [5.41, 5.74) is 6.21. The van der Waals surface area contributed by atoms with E-state index < -0.39 is 0 Å². The topological polar surface area (TPSA) is 81.4 Å². The van der Waals surface area contributed by atoms with E-state index >= 15 is 0 Å². The molecule has 184 valence electrons. The average molecular weight is 479 g/mol. The monoisotopic (exact) mass is 478 g/mol. The molecule has 0 saturated carbocycles. The van der Waals surface area contributed by atoms with Gasteiger partial charge in [0.2, 0.25) is 0 Å². The molecule has 4 rings (SSSR count). The van der Waals surface area contributed by atoms with Crippen LogP contribution in [-0.2, 0) is 13.1 Å².